The van der Waals surface area contributed by atoms with E-state index in [1.54, 1.807) is 6.07 Å². The Bertz CT molecular complexity index is 610. The lowest BCUT2D eigenvalue weighted by Crippen LogP contribution is -2.44. The first-order chi connectivity index (χ1) is 11.0. The molecule has 124 valence electrons. The Morgan fingerprint density at radius 1 is 1.00 bits per heavy atom. The molecular weight excluding hydrogens is 286 g/mol. The van der Waals surface area contributed by atoms with E-state index in [4.69, 9.17) is 0 Å². The molecule has 1 unspecified atom stereocenters. The molecule has 0 spiro atoms. The largest absolute Gasteiger partial charge is 0.508 e. The number of hydrogen-bond donors (Lipinski definition) is 2. The van der Waals surface area contributed by atoms with E-state index in [1.165, 1.54) is 5.56 Å². The van der Waals surface area contributed by atoms with Crippen LogP contribution in [-0.2, 0) is 0 Å². The Kier molecular flexibility index (Phi) is 5.80. The molecule has 2 aromatic carbocycles. The molecule has 0 saturated heterocycles. The molecule has 0 fully saturated rings. The van der Waals surface area contributed by atoms with Crippen molar-refractivity contribution in [2.75, 3.05) is 20.2 Å². The van der Waals surface area contributed by atoms with E-state index in [9.17, 15) is 10.2 Å². The highest BCUT2D eigenvalue weighted by Crippen LogP contribution is 2.34. The quantitative estimate of drug-likeness (QED) is 0.820. The van der Waals surface area contributed by atoms with Gasteiger partial charge in [0.15, 0.2) is 0 Å². The van der Waals surface area contributed by atoms with Crippen molar-refractivity contribution in [3.05, 3.63) is 65.7 Å². The monoisotopic (exact) mass is 313 g/mol. The summed E-state index contributed by atoms with van der Waals surface area (Å²) in [7, 11) is 2.03. The Morgan fingerprint density at radius 2 is 1.61 bits per heavy atom. The molecule has 3 nitrogen and oxygen atoms in total. The van der Waals surface area contributed by atoms with Gasteiger partial charge in [-0.1, -0.05) is 48.5 Å². The highest BCUT2D eigenvalue weighted by molar-refractivity contribution is 5.41. The maximum atomic E-state index is 10.3. The average molecular weight is 313 g/mol. The summed E-state index contributed by atoms with van der Waals surface area (Å²) < 4.78 is 0. The van der Waals surface area contributed by atoms with Gasteiger partial charge in [0, 0.05) is 17.0 Å². The number of likely N-dealkylation sites (N-methyl/N-ethyl adjacent to an activating group) is 1. The highest BCUT2D eigenvalue weighted by atomic mass is 16.3. The number of aromatic hydroxyl groups is 1. The summed E-state index contributed by atoms with van der Waals surface area (Å²) in [6, 6.07) is 17.8. The van der Waals surface area contributed by atoms with Gasteiger partial charge in [-0.05, 0) is 45.5 Å². The maximum Gasteiger partial charge on any atom is 0.119 e. The summed E-state index contributed by atoms with van der Waals surface area (Å²) in [5, 5.41) is 19.8. The zero-order chi connectivity index (χ0) is 16.9. The van der Waals surface area contributed by atoms with Crippen molar-refractivity contribution >= 4 is 0 Å². The first-order valence-electron chi connectivity index (χ1n) is 8.10. The molecule has 0 saturated carbocycles. The van der Waals surface area contributed by atoms with Gasteiger partial charge in [-0.2, -0.15) is 0 Å². The molecule has 0 radical (unpaired) electrons. The zero-order valence-electron chi connectivity index (χ0n) is 14.2. The normalized spacial score (nSPS) is 13.3. The van der Waals surface area contributed by atoms with Crippen molar-refractivity contribution in [1.29, 1.82) is 0 Å². The molecule has 0 aliphatic carbocycles. The third-order valence-electron chi connectivity index (χ3n) is 4.69. The fraction of sp³-hybridized carbons (Fsp3) is 0.400. The van der Waals surface area contributed by atoms with Gasteiger partial charge < -0.3 is 10.2 Å². The molecule has 0 heterocycles. The van der Waals surface area contributed by atoms with Crippen molar-refractivity contribution in [3.8, 4) is 5.75 Å². The van der Waals surface area contributed by atoms with Crippen LogP contribution < -0.4 is 0 Å². The summed E-state index contributed by atoms with van der Waals surface area (Å²) in [5.74, 6) is 0.472. The van der Waals surface area contributed by atoms with Crippen LogP contribution in [0, 0.1) is 0 Å². The van der Waals surface area contributed by atoms with Crippen LogP contribution in [0.2, 0.25) is 0 Å². The second-order valence-corrected chi connectivity index (χ2v) is 6.70. The van der Waals surface area contributed by atoms with E-state index < -0.39 is 0 Å². The van der Waals surface area contributed by atoms with Gasteiger partial charge in [0.05, 0.1) is 6.61 Å². The first kappa shape index (κ1) is 17.5. The minimum absolute atomic E-state index is 0.121. The Balaban J connectivity index is 2.24. The maximum absolute atomic E-state index is 10.3. The summed E-state index contributed by atoms with van der Waals surface area (Å²) in [4.78, 5) is 2.17. The molecule has 1 atom stereocenters. The van der Waals surface area contributed by atoms with Crippen LogP contribution >= 0.6 is 0 Å². The lowest BCUT2D eigenvalue weighted by atomic mass is 9.87. The third kappa shape index (κ3) is 4.34. The third-order valence-corrected chi connectivity index (χ3v) is 4.69. The molecule has 2 N–H and O–H groups in total. The summed E-state index contributed by atoms with van der Waals surface area (Å²) in [5.41, 5.74) is 1.90. The number of benzene rings is 2. The van der Waals surface area contributed by atoms with Gasteiger partial charge in [0.1, 0.15) is 5.75 Å². The lowest BCUT2D eigenvalue weighted by Gasteiger charge is -2.35. The van der Waals surface area contributed by atoms with Gasteiger partial charge >= 0.3 is 0 Å². The number of phenols is 1. The van der Waals surface area contributed by atoms with Crippen LogP contribution in [0.4, 0.5) is 0 Å². The van der Waals surface area contributed by atoms with E-state index in [1.807, 2.05) is 57.3 Å². The van der Waals surface area contributed by atoms with Gasteiger partial charge in [0.25, 0.3) is 0 Å². The number of rotatable bonds is 7. The molecule has 0 amide bonds. The van der Waals surface area contributed by atoms with E-state index in [2.05, 4.69) is 17.0 Å². The molecule has 0 bridgehead atoms. The fourth-order valence-corrected chi connectivity index (χ4v) is 2.72. The minimum atomic E-state index is -0.250. The van der Waals surface area contributed by atoms with Crippen LogP contribution in [0.1, 0.15) is 37.3 Å². The molecule has 2 rings (SSSR count). The van der Waals surface area contributed by atoms with Crippen molar-refractivity contribution < 1.29 is 10.2 Å². The van der Waals surface area contributed by atoms with E-state index in [0.717, 1.165) is 18.5 Å². The van der Waals surface area contributed by atoms with Crippen molar-refractivity contribution in [1.82, 2.24) is 4.90 Å². The number of aliphatic hydroxyl groups excluding tert-OH is 1. The zero-order valence-corrected chi connectivity index (χ0v) is 14.2. The predicted molar refractivity (Wildman–Crippen MR) is 94.8 cm³/mol. The van der Waals surface area contributed by atoms with E-state index >= 15 is 0 Å². The number of aliphatic hydroxyl groups is 1. The lowest BCUT2D eigenvalue weighted by molar-refractivity contribution is 0.0773. The van der Waals surface area contributed by atoms with Crippen LogP contribution in [0.5, 0.6) is 5.75 Å². The first-order valence-corrected chi connectivity index (χ1v) is 8.10. The van der Waals surface area contributed by atoms with Gasteiger partial charge in [-0.25, -0.2) is 0 Å². The summed E-state index contributed by atoms with van der Waals surface area (Å²) in [6.45, 7) is 5.02. The predicted octanol–water partition coefficient (Wildman–Crippen LogP) is 3.62. The van der Waals surface area contributed by atoms with Crippen molar-refractivity contribution in [2.45, 2.75) is 31.7 Å². The number of para-hydroxylation sites is 1. The molecule has 0 aromatic heterocycles. The van der Waals surface area contributed by atoms with Crippen LogP contribution in [-0.4, -0.2) is 40.9 Å². The van der Waals surface area contributed by atoms with Gasteiger partial charge in [0.2, 0.25) is 0 Å². The molecule has 3 heteroatoms. The summed E-state index contributed by atoms with van der Waals surface area (Å²) >= 11 is 0. The number of phenolic OH excluding ortho intramolecular Hbond substituents is 1. The molecule has 23 heavy (non-hydrogen) atoms. The van der Waals surface area contributed by atoms with Crippen LogP contribution in [0.3, 0.4) is 0 Å². The SMILES string of the molecule is CN(CCC(c1ccccc1)c1ccccc1O)C(C)(C)CO. The van der Waals surface area contributed by atoms with E-state index in [-0.39, 0.29) is 18.1 Å². The van der Waals surface area contributed by atoms with Crippen molar-refractivity contribution in [2.24, 2.45) is 0 Å². The summed E-state index contributed by atoms with van der Waals surface area (Å²) in [6.07, 6.45) is 0.877. The topological polar surface area (TPSA) is 43.7 Å². The average Bonchev–Trinajstić information content (AvgIpc) is 2.57. The van der Waals surface area contributed by atoms with Crippen LogP contribution in [0.25, 0.3) is 0 Å². The van der Waals surface area contributed by atoms with Gasteiger partial charge in [-0.15, -0.1) is 0 Å². The van der Waals surface area contributed by atoms with Crippen molar-refractivity contribution in [3.63, 3.8) is 0 Å². The minimum Gasteiger partial charge on any atom is -0.508 e. The highest BCUT2D eigenvalue weighted by Gasteiger charge is 2.24. The molecule has 0 aliphatic rings. The van der Waals surface area contributed by atoms with Gasteiger partial charge in [-0.3, -0.25) is 4.90 Å². The Hall–Kier alpha value is -1.84. The van der Waals surface area contributed by atoms with Crippen LogP contribution in [0.15, 0.2) is 54.6 Å². The standard InChI is InChI=1S/C20H27NO2/c1-20(2,15-22)21(3)14-13-17(16-9-5-4-6-10-16)18-11-7-8-12-19(18)23/h4-12,17,22-23H,13-15H2,1-3H3. The smallest absolute Gasteiger partial charge is 0.119 e. The number of nitrogens with zero attached hydrogens (tertiary/aromatic N) is 1. The Morgan fingerprint density at radius 3 is 2.22 bits per heavy atom. The van der Waals surface area contributed by atoms with E-state index in [0.29, 0.717) is 5.75 Å². The molecular formula is C20H27NO2. The second kappa shape index (κ2) is 7.62. The fourth-order valence-electron chi connectivity index (χ4n) is 2.72. The Labute approximate surface area is 139 Å². The molecule has 2 aromatic rings. The number of hydrogen-bond acceptors (Lipinski definition) is 3. The molecule has 0 aliphatic heterocycles. The second-order valence-electron chi connectivity index (χ2n) is 6.70.